The van der Waals surface area contributed by atoms with Gasteiger partial charge >= 0.3 is 0 Å². The van der Waals surface area contributed by atoms with Crippen LogP contribution in [0, 0.1) is 0 Å². The minimum absolute atomic E-state index is 1.18. The van der Waals surface area contributed by atoms with Crippen molar-refractivity contribution in [2.24, 2.45) is 0 Å². The molecule has 2 rings (SSSR count). The van der Waals surface area contributed by atoms with Crippen molar-refractivity contribution < 1.29 is 4.58 Å². The maximum Gasteiger partial charge on any atom is 0.242 e. The molecule has 62 valence electrons. The van der Waals surface area contributed by atoms with Gasteiger partial charge in [0, 0.05) is 0 Å². The van der Waals surface area contributed by atoms with Gasteiger partial charge in [0.25, 0.3) is 0 Å². The lowest BCUT2D eigenvalue weighted by Crippen LogP contribution is -2.09. The molecular weight excluding hydrogens is 166 g/mol. The average Bonchev–Trinajstić information content (AvgIpc) is 2.53. The minimum Gasteiger partial charge on any atom is -0.226 e. The van der Waals surface area contributed by atoms with Crippen molar-refractivity contribution >= 4 is 16.8 Å². The quantitative estimate of drug-likeness (QED) is 0.593. The Kier molecular flexibility index (Phi) is 2.17. The van der Waals surface area contributed by atoms with Gasteiger partial charge in [-0.3, -0.25) is 0 Å². The van der Waals surface area contributed by atoms with E-state index < -0.39 is 0 Å². The van der Waals surface area contributed by atoms with Gasteiger partial charge in [-0.2, -0.15) is 0 Å². The van der Waals surface area contributed by atoms with Crippen LogP contribution in [0.25, 0.3) is 0 Å². The molecule has 1 aliphatic rings. The number of rotatable bonds is 1. The van der Waals surface area contributed by atoms with E-state index in [9.17, 15) is 0 Å². The summed E-state index contributed by atoms with van der Waals surface area (Å²) in [5, 5.41) is 1.41. The Morgan fingerprint density at radius 1 is 1.25 bits per heavy atom. The first-order chi connectivity index (χ1) is 5.88. The third-order valence-corrected chi connectivity index (χ3v) is 3.24. The molecule has 0 amide bonds. The molecule has 2 heteroatoms. The van der Waals surface area contributed by atoms with E-state index >= 15 is 0 Å². The molecule has 0 bridgehead atoms. The number of benzene rings is 1. The van der Waals surface area contributed by atoms with Crippen LogP contribution in [-0.2, 0) is 0 Å². The molecule has 0 unspecified atom stereocenters. The van der Waals surface area contributed by atoms with Crippen molar-refractivity contribution in [2.75, 3.05) is 19.3 Å². The summed E-state index contributed by atoms with van der Waals surface area (Å²) < 4.78 is 2.32. The Bertz CT molecular complexity index is 303. The van der Waals surface area contributed by atoms with Crippen molar-refractivity contribution in [3.8, 4) is 0 Å². The molecule has 12 heavy (non-hydrogen) atoms. The molecule has 0 aliphatic carbocycles. The Morgan fingerprint density at radius 2 is 2.00 bits per heavy atom. The van der Waals surface area contributed by atoms with Gasteiger partial charge < -0.3 is 0 Å². The van der Waals surface area contributed by atoms with Crippen LogP contribution in [0.1, 0.15) is 5.56 Å². The number of nitrogens with zero attached hydrogens (tertiary/aromatic N) is 1. The monoisotopic (exact) mass is 178 g/mol. The first kappa shape index (κ1) is 7.87. The van der Waals surface area contributed by atoms with E-state index in [4.69, 9.17) is 0 Å². The third kappa shape index (κ3) is 1.39. The predicted molar refractivity (Wildman–Crippen MR) is 54.1 cm³/mol. The normalized spacial score (nSPS) is 17.1. The lowest BCUT2D eigenvalue weighted by atomic mass is 10.2. The van der Waals surface area contributed by atoms with Gasteiger partial charge in [-0.1, -0.05) is 30.0 Å². The molecule has 1 aliphatic heterocycles. The summed E-state index contributed by atoms with van der Waals surface area (Å²) >= 11 is 1.95. The molecule has 0 fully saturated rings. The molecule has 0 saturated heterocycles. The van der Waals surface area contributed by atoms with Crippen LogP contribution in [-0.4, -0.2) is 29.0 Å². The second kappa shape index (κ2) is 3.31. The van der Waals surface area contributed by atoms with E-state index in [-0.39, 0.29) is 0 Å². The first-order valence-electron chi connectivity index (χ1n) is 4.14. The molecule has 1 aromatic rings. The zero-order valence-corrected chi connectivity index (χ0v) is 7.97. The van der Waals surface area contributed by atoms with Crippen LogP contribution in [0.3, 0.4) is 0 Å². The third-order valence-electron chi connectivity index (χ3n) is 2.03. The number of hydrogen-bond acceptors (Lipinski definition) is 1. The summed E-state index contributed by atoms with van der Waals surface area (Å²) in [6, 6.07) is 10.6. The Labute approximate surface area is 77.1 Å². The zero-order valence-electron chi connectivity index (χ0n) is 7.16. The summed E-state index contributed by atoms with van der Waals surface area (Å²) in [6.45, 7) is 1.18. The van der Waals surface area contributed by atoms with Crippen LogP contribution in [0.4, 0.5) is 0 Å². The van der Waals surface area contributed by atoms with Crippen LogP contribution in [0.5, 0.6) is 0 Å². The Hall–Kier alpha value is -0.760. The number of hydrogen-bond donors (Lipinski definition) is 0. The van der Waals surface area contributed by atoms with E-state index in [0.717, 1.165) is 0 Å². The summed E-state index contributed by atoms with van der Waals surface area (Å²) in [5.41, 5.74) is 1.35. The second-order valence-electron chi connectivity index (χ2n) is 2.94. The minimum atomic E-state index is 1.18. The molecule has 0 N–H and O–H groups in total. The van der Waals surface area contributed by atoms with Crippen molar-refractivity contribution in [1.82, 2.24) is 0 Å². The Morgan fingerprint density at radius 3 is 2.58 bits per heavy atom. The van der Waals surface area contributed by atoms with Crippen molar-refractivity contribution in [3.63, 3.8) is 0 Å². The van der Waals surface area contributed by atoms with Crippen LogP contribution < -0.4 is 0 Å². The molecule has 0 atom stereocenters. The van der Waals surface area contributed by atoms with Crippen molar-refractivity contribution in [3.05, 3.63) is 35.9 Å². The van der Waals surface area contributed by atoms with E-state index in [1.165, 1.54) is 22.9 Å². The van der Waals surface area contributed by atoms with E-state index in [2.05, 4.69) is 42.0 Å². The molecule has 0 aromatic heterocycles. The van der Waals surface area contributed by atoms with Gasteiger partial charge in [-0.05, 0) is 12.1 Å². The summed E-state index contributed by atoms with van der Waals surface area (Å²) in [6.07, 6.45) is 0. The van der Waals surface area contributed by atoms with Gasteiger partial charge in [0.05, 0.1) is 11.3 Å². The SMILES string of the molecule is C[N+]1=C(c2ccccc2)SCC1. The zero-order chi connectivity index (χ0) is 8.39. The Balaban J connectivity index is 2.37. The predicted octanol–water partition coefficient (Wildman–Crippen LogP) is 1.82. The molecule has 0 radical (unpaired) electrons. The highest BCUT2D eigenvalue weighted by atomic mass is 32.2. The fraction of sp³-hybridized carbons (Fsp3) is 0.300. The van der Waals surface area contributed by atoms with Gasteiger partial charge in [0.1, 0.15) is 7.05 Å². The van der Waals surface area contributed by atoms with Crippen LogP contribution in [0.15, 0.2) is 30.3 Å². The standard InChI is InChI=1S/C10H12NS/c1-11-7-8-12-10(11)9-5-3-2-4-6-9/h2-6H,7-8H2,1H3/q+1. The average molecular weight is 178 g/mol. The van der Waals surface area contributed by atoms with Crippen molar-refractivity contribution in [1.29, 1.82) is 0 Å². The fourth-order valence-corrected chi connectivity index (χ4v) is 2.55. The molecule has 1 aromatic carbocycles. The van der Waals surface area contributed by atoms with E-state index in [0.29, 0.717) is 0 Å². The lowest BCUT2D eigenvalue weighted by Gasteiger charge is -1.95. The largest absolute Gasteiger partial charge is 0.242 e. The molecule has 1 nitrogen and oxygen atoms in total. The lowest BCUT2D eigenvalue weighted by molar-refractivity contribution is -0.485. The first-order valence-corrected chi connectivity index (χ1v) is 5.13. The van der Waals surface area contributed by atoms with Gasteiger partial charge in [-0.15, -0.1) is 0 Å². The van der Waals surface area contributed by atoms with Gasteiger partial charge in [-0.25, -0.2) is 4.58 Å². The summed E-state index contributed by atoms with van der Waals surface area (Å²) in [4.78, 5) is 0. The molecule has 1 heterocycles. The molecule has 0 spiro atoms. The highest BCUT2D eigenvalue weighted by molar-refractivity contribution is 8.14. The van der Waals surface area contributed by atoms with E-state index in [1.807, 2.05) is 11.8 Å². The van der Waals surface area contributed by atoms with Crippen molar-refractivity contribution in [2.45, 2.75) is 0 Å². The maximum atomic E-state index is 2.32. The van der Waals surface area contributed by atoms with Gasteiger partial charge in [0.15, 0.2) is 6.54 Å². The fourth-order valence-electron chi connectivity index (χ4n) is 1.38. The second-order valence-corrected chi connectivity index (χ2v) is 4.02. The maximum absolute atomic E-state index is 2.32. The highest BCUT2D eigenvalue weighted by Gasteiger charge is 2.20. The molecular formula is C10H12NS+. The van der Waals surface area contributed by atoms with Crippen LogP contribution >= 0.6 is 11.8 Å². The topological polar surface area (TPSA) is 3.01 Å². The smallest absolute Gasteiger partial charge is 0.226 e. The van der Waals surface area contributed by atoms with Gasteiger partial charge in [0.2, 0.25) is 5.04 Å². The number of thioether (sulfide) groups is 1. The van der Waals surface area contributed by atoms with E-state index in [1.54, 1.807) is 0 Å². The van der Waals surface area contributed by atoms with Crippen LogP contribution in [0.2, 0.25) is 0 Å². The summed E-state index contributed by atoms with van der Waals surface area (Å²) in [7, 11) is 2.16. The molecule has 0 saturated carbocycles. The summed E-state index contributed by atoms with van der Waals surface area (Å²) in [5.74, 6) is 1.22. The highest BCUT2D eigenvalue weighted by Crippen LogP contribution is 2.17.